The maximum Gasteiger partial charge on any atom is 0.253 e. The highest BCUT2D eigenvalue weighted by Crippen LogP contribution is 2.22. The molecule has 1 saturated heterocycles. The van der Waals surface area contributed by atoms with Gasteiger partial charge in [0.2, 0.25) is 10.0 Å². The zero-order valence-electron chi connectivity index (χ0n) is 14.0. The summed E-state index contributed by atoms with van der Waals surface area (Å²) in [6.45, 7) is 2.12. The van der Waals surface area contributed by atoms with Crippen LogP contribution in [0.4, 0.5) is 0 Å². The van der Waals surface area contributed by atoms with Crippen molar-refractivity contribution in [3.05, 3.63) is 46.7 Å². The zero-order chi connectivity index (χ0) is 18.2. The summed E-state index contributed by atoms with van der Waals surface area (Å²) in [5, 5.41) is 4.22. The van der Waals surface area contributed by atoms with Gasteiger partial charge in [-0.05, 0) is 40.2 Å². The molecule has 0 unspecified atom stereocenters. The van der Waals surface area contributed by atoms with Crippen LogP contribution in [0.5, 0.6) is 0 Å². The van der Waals surface area contributed by atoms with Crippen LogP contribution in [0.1, 0.15) is 10.4 Å². The second-order valence-corrected chi connectivity index (χ2v) is 9.34. The molecular formula is C16H19BrN4O3S. The lowest BCUT2D eigenvalue weighted by Crippen LogP contribution is -2.51. The van der Waals surface area contributed by atoms with E-state index in [-0.39, 0.29) is 10.8 Å². The van der Waals surface area contributed by atoms with Gasteiger partial charge in [-0.25, -0.2) is 12.7 Å². The van der Waals surface area contributed by atoms with Gasteiger partial charge in [-0.3, -0.25) is 9.48 Å². The highest BCUT2D eigenvalue weighted by Gasteiger charge is 2.31. The lowest BCUT2D eigenvalue weighted by Gasteiger charge is -2.39. The van der Waals surface area contributed by atoms with Gasteiger partial charge in [0.25, 0.3) is 5.91 Å². The summed E-state index contributed by atoms with van der Waals surface area (Å²) in [6, 6.07) is 6.08. The second-order valence-electron chi connectivity index (χ2n) is 6.27. The molecule has 3 rings (SSSR count). The summed E-state index contributed by atoms with van der Waals surface area (Å²) in [5.41, 5.74) is 0.498. The van der Waals surface area contributed by atoms with Gasteiger partial charge in [0.05, 0.1) is 15.6 Å². The smallest absolute Gasteiger partial charge is 0.253 e. The maximum atomic E-state index is 12.5. The molecule has 0 radical (unpaired) electrons. The molecule has 0 bridgehead atoms. The largest absolute Gasteiger partial charge is 0.338 e. The Bertz CT molecular complexity index is 871. The third-order valence-electron chi connectivity index (χ3n) is 4.17. The van der Waals surface area contributed by atoms with Gasteiger partial charge in [0.15, 0.2) is 0 Å². The molecule has 2 aromatic rings. The molecule has 7 nitrogen and oxygen atoms in total. The summed E-state index contributed by atoms with van der Waals surface area (Å²) < 4.78 is 28.0. The number of nitrogens with zero attached hydrogens (tertiary/aromatic N) is 4. The van der Waals surface area contributed by atoms with Gasteiger partial charge in [0, 0.05) is 51.4 Å². The SMILES string of the molecule is CN(C)S(=O)(=O)c1ccc(C(=O)N2CC(Cn3cc(Br)cn3)C2)cc1. The van der Waals surface area contributed by atoms with Crippen LogP contribution in [0.15, 0.2) is 46.0 Å². The van der Waals surface area contributed by atoms with Crippen molar-refractivity contribution >= 4 is 31.9 Å². The van der Waals surface area contributed by atoms with E-state index in [1.807, 2.05) is 10.9 Å². The standard InChI is InChI=1S/C16H19BrN4O3S/c1-19(2)25(23,24)15-5-3-13(4-6-15)16(22)20-8-12(9-20)10-21-11-14(17)7-18-21/h3-7,11-12H,8-10H2,1-2H3. The molecule has 1 aliphatic heterocycles. The topological polar surface area (TPSA) is 75.5 Å². The molecular weight excluding hydrogens is 408 g/mol. The molecule has 1 aliphatic rings. The van der Waals surface area contributed by atoms with Crippen LogP contribution in [0.3, 0.4) is 0 Å². The Hall–Kier alpha value is -1.71. The van der Waals surface area contributed by atoms with Crippen LogP contribution in [0, 0.1) is 5.92 Å². The zero-order valence-corrected chi connectivity index (χ0v) is 16.4. The van der Waals surface area contributed by atoms with Gasteiger partial charge >= 0.3 is 0 Å². The fraction of sp³-hybridized carbons (Fsp3) is 0.375. The van der Waals surface area contributed by atoms with E-state index < -0.39 is 10.0 Å². The Labute approximate surface area is 155 Å². The molecule has 0 atom stereocenters. The molecule has 1 amide bonds. The van der Waals surface area contributed by atoms with E-state index in [2.05, 4.69) is 21.0 Å². The van der Waals surface area contributed by atoms with Gasteiger partial charge in [-0.2, -0.15) is 5.10 Å². The van der Waals surface area contributed by atoms with Gasteiger partial charge in [-0.1, -0.05) is 0 Å². The highest BCUT2D eigenvalue weighted by atomic mass is 79.9. The summed E-state index contributed by atoms with van der Waals surface area (Å²) in [4.78, 5) is 14.4. The average Bonchev–Trinajstić information content (AvgIpc) is 2.95. The third kappa shape index (κ3) is 3.78. The lowest BCUT2D eigenvalue weighted by atomic mass is 9.99. The average molecular weight is 427 g/mol. The molecule has 0 aliphatic carbocycles. The monoisotopic (exact) mass is 426 g/mol. The number of likely N-dealkylation sites (tertiary alicyclic amines) is 1. The molecule has 134 valence electrons. The summed E-state index contributed by atoms with van der Waals surface area (Å²) in [7, 11) is -0.520. The molecule has 0 spiro atoms. The third-order valence-corrected chi connectivity index (χ3v) is 6.41. The lowest BCUT2D eigenvalue weighted by molar-refractivity contribution is 0.0461. The Morgan fingerprint density at radius 1 is 1.28 bits per heavy atom. The van der Waals surface area contributed by atoms with Crippen molar-refractivity contribution in [1.29, 1.82) is 0 Å². The van der Waals surface area contributed by atoms with E-state index in [4.69, 9.17) is 0 Å². The van der Waals surface area contributed by atoms with E-state index in [1.165, 1.54) is 26.2 Å². The fourth-order valence-corrected chi connectivity index (χ4v) is 3.95. The number of benzene rings is 1. The number of carbonyl (C=O) groups is 1. The Balaban J connectivity index is 1.59. The highest BCUT2D eigenvalue weighted by molar-refractivity contribution is 9.10. The number of aromatic nitrogens is 2. The van der Waals surface area contributed by atoms with Crippen molar-refractivity contribution in [2.24, 2.45) is 5.92 Å². The molecule has 0 N–H and O–H groups in total. The van der Waals surface area contributed by atoms with Crippen LogP contribution < -0.4 is 0 Å². The van der Waals surface area contributed by atoms with Crippen LogP contribution in [0.2, 0.25) is 0 Å². The molecule has 2 heterocycles. The van der Waals surface area contributed by atoms with E-state index in [0.717, 1.165) is 15.3 Å². The predicted octanol–water partition coefficient (Wildman–Crippen LogP) is 1.67. The first-order valence-corrected chi connectivity index (χ1v) is 10.0. The van der Waals surface area contributed by atoms with Gasteiger partial charge in [0.1, 0.15) is 0 Å². The van der Waals surface area contributed by atoms with Crippen molar-refractivity contribution < 1.29 is 13.2 Å². The molecule has 25 heavy (non-hydrogen) atoms. The number of rotatable bonds is 5. The second kappa shape index (κ2) is 6.89. The fourth-order valence-electron chi connectivity index (χ4n) is 2.72. The minimum atomic E-state index is -3.48. The van der Waals surface area contributed by atoms with Crippen LogP contribution >= 0.6 is 15.9 Å². The molecule has 1 aromatic heterocycles. The van der Waals surface area contributed by atoms with E-state index in [9.17, 15) is 13.2 Å². The molecule has 1 aromatic carbocycles. The van der Waals surface area contributed by atoms with Crippen LogP contribution in [-0.2, 0) is 16.6 Å². The van der Waals surface area contributed by atoms with Gasteiger partial charge < -0.3 is 4.90 Å². The predicted molar refractivity (Wildman–Crippen MR) is 96.6 cm³/mol. The van der Waals surface area contributed by atoms with Crippen molar-refractivity contribution in [1.82, 2.24) is 19.0 Å². The number of halogens is 1. The Kier molecular flexibility index (Phi) is 4.99. The molecule has 1 fully saturated rings. The minimum Gasteiger partial charge on any atom is -0.338 e. The van der Waals surface area contributed by atoms with E-state index in [0.29, 0.717) is 24.6 Å². The Morgan fingerprint density at radius 3 is 2.44 bits per heavy atom. The summed E-state index contributed by atoms with van der Waals surface area (Å²) in [5.74, 6) is 0.302. The van der Waals surface area contributed by atoms with Crippen molar-refractivity contribution in [3.63, 3.8) is 0 Å². The first-order valence-electron chi connectivity index (χ1n) is 7.77. The number of sulfonamides is 1. The first kappa shape index (κ1) is 18.1. The number of amides is 1. The normalized spacial score (nSPS) is 15.4. The summed E-state index contributed by atoms with van der Waals surface area (Å²) in [6.07, 6.45) is 3.65. The maximum absolute atomic E-state index is 12.5. The van der Waals surface area contributed by atoms with Crippen molar-refractivity contribution in [2.45, 2.75) is 11.4 Å². The van der Waals surface area contributed by atoms with Crippen LogP contribution in [-0.4, -0.2) is 60.5 Å². The Morgan fingerprint density at radius 2 is 1.92 bits per heavy atom. The number of hydrogen-bond acceptors (Lipinski definition) is 4. The van der Waals surface area contributed by atoms with E-state index >= 15 is 0 Å². The minimum absolute atomic E-state index is 0.0771. The summed E-state index contributed by atoms with van der Waals surface area (Å²) >= 11 is 3.36. The molecule has 0 saturated carbocycles. The van der Waals surface area contributed by atoms with Crippen molar-refractivity contribution in [2.75, 3.05) is 27.2 Å². The molecule has 9 heteroatoms. The first-order chi connectivity index (χ1) is 11.8. The van der Waals surface area contributed by atoms with Gasteiger partial charge in [-0.15, -0.1) is 0 Å². The number of hydrogen-bond donors (Lipinski definition) is 0. The van der Waals surface area contributed by atoms with E-state index in [1.54, 1.807) is 23.2 Å². The quantitative estimate of drug-likeness (QED) is 0.728. The van der Waals surface area contributed by atoms with Crippen molar-refractivity contribution in [3.8, 4) is 0 Å². The number of carbonyl (C=O) groups excluding carboxylic acids is 1. The van der Waals surface area contributed by atoms with Crippen LogP contribution in [0.25, 0.3) is 0 Å².